The Kier molecular flexibility index (Phi) is 4.35. The van der Waals surface area contributed by atoms with Crippen molar-refractivity contribution in [1.82, 2.24) is 4.98 Å². The fourth-order valence-corrected chi connectivity index (χ4v) is 1.37. The van der Waals surface area contributed by atoms with E-state index >= 15 is 0 Å². The fourth-order valence-electron chi connectivity index (χ4n) is 1.37. The average molecular weight is 257 g/mol. The molecule has 2 aromatic rings. The molecule has 0 N–H and O–H groups in total. The van der Waals surface area contributed by atoms with Gasteiger partial charge in [0, 0.05) is 12.3 Å². The second-order valence-corrected chi connectivity index (χ2v) is 3.58. The number of nitrogens with zero attached hydrogens (tertiary/aromatic N) is 1. The first-order chi connectivity index (χ1) is 9.29. The van der Waals surface area contributed by atoms with E-state index in [4.69, 9.17) is 9.47 Å². The lowest BCUT2D eigenvalue weighted by atomic mass is 10.3. The standard InChI is InChI=1S/C15H12FNO2/c1-2-3-10-18-15-11-12(8-9-17-15)19-14-7-5-4-6-13(14)16/h4-9,11H,10H2,1H3. The first-order valence-electron chi connectivity index (χ1n) is 5.70. The molecule has 1 aromatic heterocycles. The summed E-state index contributed by atoms with van der Waals surface area (Å²) < 4.78 is 24.2. The van der Waals surface area contributed by atoms with E-state index in [1.807, 2.05) is 0 Å². The molecule has 0 unspecified atom stereocenters. The summed E-state index contributed by atoms with van der Waals surface area (Å²) in [6, 6.07) is 9.42. The molecular weight excluding hydrogens is 245 g/mol. The van der Waals surface area contributed by atoms with Crippen molar-refractivity contribution >= 4 is 0 Å². The maximum absolute atomic E-state index is 13.4. The van der Waals surface area contributed by atoms with Crippen LogP contribution in [-0.2, 0) is 0 Å². The zero-order valence-corrected chi connectivity index (χ0v) is 10.4. The molecule has 0 aliphatic carbocycles. The van der Waals surface area contributed by atoms with Crippen LogP contribution < -0.4 is 9.47 Å². The number of para-hydroxylation sites is 1. The number of hydrogen-bond acceptors (Lipinski definition) is 3. The highest BCUT2D eigenvalue weighted by Crippen LogP contribution is 2.25. The summed E-state index contributed by atoms with van der Waals surface area (Å²) in [6.07, 6.45) is 1.53. The van der Waals surface area contributed by atoms with Crippen LogP contribution in [0.1, 0.15) is 6.92 Å². The minimum atomic E-state index is -0.418. The third kappa shape index (κ3) is 3.71. The largest absolute Gasteiger partial charge is 0.464 e. The van der Waals surface area contributed by atoms with E-state index < -0.39 is 5.82 Å². The second kappa shape index (κ2) is 6.41. The van der Waals surface area contributed by atoms with Gasteiger partial charge in [-0.25, -0.2) is 9.37 Å². The Morgan fingerprint density at radius 2 is 2.11 bits per heavy atom. The average Bonchev–Trinajstić information content (AvgIpc) is 2.42. The van der Waals surface area contributed by atoms with Crippen LogP contribution in [0.2, 0.25) is 0 Å². The zero-order valence-electron chi connectivity index (χ0n) is 10.4. The van der Waals surface area contributed by atoms with Crippen molar-refractivity contribution in [2.24, 2.45) is 0 Å². The molecular formula is C15H12FNO2. The maximum atomic E-state index is 13.4. The van der Waals surface area contributed by atoms with Crippen LogP contribution in [0.15, 0.2) is 42.6 Å². The summed E-state index contributed by atoms with van der Waals surface area (Å²) in [5, 5.41) is 0. The van der Waals surface area contributed by atoms with E-state index in [9.17, 15) is 4.39 Å². The minimum Gasteiger partial charge on any atom is -0.464 e. The van der Waals surface area contributed by atoms with Crippen molar-refractivity contribution in [3.63, 3.8) is 0 Å². The highest BCUT2D eigenvalue weighted by molar-refractivity contribution is 5.33. The normalized spacial score (nSPS) is 9.37. The van der Waals surface area contributed by atoms with Gasteiger partial charge in [-0.1, -0.05) is 18.1 Å². The Labute approximate surface area is 111 Å². The Balaban J connectivity index is 2.10. The van der Waals surface area contributed by atoms with Crippen LogP contribution in [0.25, 0.3) is 0 Å². The quantitative estimate of drug-likeness (QED) is 0.786. The topological polar surface area (TPSA) is 31.4 Å². The van der Waals surface area contributed by atoms with Crippen LogP contribution in [0.3, 0.4) is 0 Å². The van der Waals surface area contributed by atoms with Crippen LogP contribution in [0.5, 0.6) is 17.4 Å². The Morgan fingerprint density at radius 1 is 1.26 bits per heavy atom. The third-order valence-electron chi connectivity index (χ3n) is 2.24. The molecule has 1 heterocycles. The van der Waals surface area contributed by atoms with Gasteiger partial charge in [-0.2, -0.15) is 0 Å². The van der Waals surface area contributed by atoms with E-state index in [2.05, 4.69) is 16.8 Å². The molecule has 0 atom stereocenters. The molecule has 1 aromatic carbocycles. The predicted octanol–water partition coefficient (Wildman–Crippen LogP) is 3.42. The SMILES string of the molecule is CC#CCOc1cc(Oc2ccccc2F)ccn1. The first kappa shape index (κ1) is 12.9. The molecule has 2 rings (SSSR count). The molecule has 0 bridgehead atoms. The van der Waals surface area contributed by atoms with E-state index in [1.165, 1.54) is 12.3 Å². The van der Waals surface area contributed by atoms with Crippen molar-refractivity contribution in [2.75, 3.05) is 6.61 Å². The van der Waals surface area contributed by atoms with Crippen LogP contribution in [0, 0.1) is 17.7 Å². The van der Waals surface area contributed by atoms with Gasteiger partial charge >= 0.3 is 0 Å². The van der Waals surface area contributed by atoms with Gasteiger partial charge in [-0.15, -0.1) is 5.92 Å². The fraction of sp³-hybridized carbons (Fsp3) is 0.133. The summed E-state index contributed by atoms with van der Waals surface area (Å²) >= 11 is 0. The van der Waals surface area contributed by atoms with Gasteiger partial charge in [-0.3, -0.25) is 0 Å². The molecule has 0 spiro atoms. The molecule has 0 aliphatic rings. The lowest BCUT2D eigenvalue weighted by Gasteiger charge is -2.07. The lowest BCUT2D eigenvalue weighted by Crippen LogP contribution is -1.96. The minimum absolute atomic E-state index is 0.160. The van der Waals surface area contributed by atoms with Crippen LogP contribution in [0.4, 0.5) is 4.39 Å². The van der Waals surface area contributed by atoms with Gasteiger partial charge in [0.1, 0.15) is 5.75 Å². The highest BCUT2D eigenvalue weighted by atomic mass is 19.1. The molecule has 0 aliphatic heterocycles. The number of pyridine rings is 1. The van der Waals surface area contributed by atoms with Crippen LogP contribution in [-0.4, -0.2) is 11.6 Å². The smallest absolute Gasteiger partial charge is 0.217 e. The van der Waals surface area contributed by atoms with Crippen molar-refractivity contribution in [3.05, 3.63) is 48.4 Å². The summed E-state index contributed by atoms with van der Waals surface area (Å²) in [6.45, 7) is 1.99. The van der Waals surface area contributed by atoms with Gasteiger partial charge in [0.05, 0.1) is 0 Å². The first-order valence-corrected chi connectivity index (χ1v) is 5.70. The molecule has 96 valence electrons. The van der Waals surface area contributed by atoms with Gasteiger partial charge in [0.15, 0.2) is 18.2 Å². The molecule has 0 fully saturated rings. The highest BCUT2D eigenvalue weighted by Gasteiger charge is 2.04. The predicted molar refractivity (Wildman–Crippen MR) is 69.7 cm³/mol. The van der Waals surface area contributed by atoms with E-state index in [1.54, 1.807) is 37.3 Å². The van der Waals surface area contributed by atoms with Crippen molar-refractivity contribution in [2.45, 2.75) is 6.92 Å². The molecule has 3 nitrogen and oxygen atoms in total. The maximum Gasteiger partial charge on any atom is 0.217 e. The lowest BCUT2D eigenvalue weighted by molar-refractivity contribution is 0.351. The number of halogens is 1. The molecule has 19 heavy (non-hydrogen) atoms. The van der Waals surface area contributed by atoms with Gasteiger partial charge in [0.25, 0.3) is 0 Å². The third-order valence-corrected chi connectivity index (χ3v) is 2.24. The van der Waals surface area contributed by atoms with E-state index in [0.717, 1.165) is 0 Å². The molecule has 0 amide bonds. The molecule has 4 heteroatoms. The molecule has 0 saturated heterocycles. The van der Waals surface area contributed by atoms with Crippen molar-refractivity contribution in [1.29, 1.82) is 0 Å². The summed E-state index contributed by atoms with van der Waals surface area (Å²) in [5.74, 6) is 6.06. The van der Waals surface area contributed by atoms with Gasteiger partial charge in [0.2, 0.25) is 5.88 Å². The Bertz CT molecular complexity index is 617. The number of ether oxygens (including phenoxy) is 2. The summed E-state index contributed by atoms with van der Waals surface area (Å²) in [5.41, 5.74) is 0. The molecule has 0 radical (unpaired) electrons. The number of benzene rings is 1. The Morgan fingerprint density at radius 3 is 2.89 bits per heavy atom. The van der Waals surface area contributed by atoms with E-state index in [0.29, 0.717) is 11.6 Å². The second-order valence-electron chi connectivity index (χ2n) is 3.58. The monoisotopic (exact) mass is 257 g/mol. The number of rotatable bonds is 4. The zero-order chi connectivity index (χ0) is 13.5. The summed E-state index contributed by atoms with van der Waals surface area (Å²) in [7, 11) is 0. The van der Waals surface area contributed by atoms with Crippen LogP contribution >= 0.6 is 0 Å². The Hall–Kier alpha value is -2.54. The van der Waals surface area contributed by atoms with E-state index in [-0.39, 0.29) is 12.4 Å². The van der Waals surface area contributed by atoms with Gasteiger partial charge in [-0.05, 0) is 25.1 Å². The van der Waals surface area contributed by atoms with Crippen molar-refractivity contribution in [3.8, 4) is 29.2 Å². The number of aromatic nitrogens is 1. The van der Waals surface area contributed by atoms with Crippen molar-refractivity contribution < 1.29 is 13.9 Å². The summed E-state index contributed by atoms with van der Waals surface area (Å²) in [4.78, 5) is 4.01. The van der Waals surface area contributed by atoms with Gasteiger partial charge < -0.3 is 9.47 Å². The molecule has 0 saturated carbocycles. The number of hydrogen-bond donors (Lipinski definition) is 0.